The third-order valence-electron chi connectivity index (χ3n) is 1.45. The smallest absolute Gasteiger partial charge is 0.139 e. The Labute approximate surface area is 82.7 Å². The number of ether oxygens (including phenoxy) is 1. The summed E-state index contributed by atoms with van der Waals surface area (Å²) in [6.45, 7) is 3.96. The minimum atomic E-state index is 0.167. The van der Waals surface area contributed by atoms with Gasteiger partial charge in [-0.2, -0.15) is 0 Å². The molecule has 1 rings (SSSR count). The molecule has 0 bridgehead atoms. The lowest BCUT2D eigenvalue weighted by molar-refractivity contribution is 0.241. The number of nitrogens with zero attached hydrogens (tertiary/aromatic N) is 1. The predicted octanol–water partition coefficient (Wildman–Crippen LogP) is 2.17. The van der Waals surface area contributed by atoms with Crippen LogP contribution in [0.5, 0.6) is 5.75 Å². The molecule has 0 spiro atoms. The average molecular weight is 198 g/mol. The van der Waals surface area contributed by atoms with Gasteiger partial charge in [-0.15, -0.1) is 11.8 Å². The summed E-state index contributed by atoms with van der Waals surface area (Å²) < 4.78 is 5.48. The number of nitrogen functional groups attached to an aromatic ring is 1. The maximum atomic E-state index is 5.64. The molecule has 13 heavy (non-hydrogen) atoms. The molecule has 4 heteroatoms. The van der Waals surface area contributed by atoms with Crippen molar-refractivity contribution in [2.75, 3.05) is 12.0 Å². The van der Waals surface area contributed by atoms with E-state index in [0.717, 1.165) is 10.6 Å². The molecule has 1 heterocycles. The van der Waals surface area contributed by atoms with Crippen LogP contribution >= 0.6 is 11.8 Å². The molecule has 2 N–H and O–H groups in total. The van der Waals surface area contributed by atoms with Crippen LogP contribution in [0.1, 0.15) is 13.8 Å². The van der Waals surface area contributed by atoms with E-state index in [9.17, 15) is 0 Å². The molecule has 72 valence electrons. The van der Waals surface area contributed by atoms with Crippen LogP contribution in [0.2, 0.25) is 0 Å². The lowest BCUT2D eigenvalue weighted by Crippen LogP contribution is -2.06. The highest BCUT2D eigenvalue weighted by molar-refractivity contribution is 7.98. The van der Waals surface area contributed by atoms with Crippen LogP contribution < -0.4 is 10.5 Å². The number of aromatic nitrogens is 1. The number of rotatable bonds is 3. The second-order valence-electron chi connectivity index (χ2n) is 2.93. The van der Waals surface area contributed by atoms with Gasteiger partial charge < -0.3 is 10.5 Å². The Bertz CT molecular complexity index is 289. The second kappa shape index (κ2) is 4.37. The number of hydrogen-bond donors (Lipinski definition) is 1. The molecule has 0 atom stereocenters. The first-order valence-electron chi connectivity index (χ1n) is 4.09. The molecule has 3 nitrogen and oxygen atoms in total. The molecule has 0 aromatic carbocycles. The number of nitrogens with two attached hydrogens (primary N) is 1. The highest BCUT2D eigenvalue weighted by Gasteiger charge is 2.03. The van der Waals surface area contributed by atoms with E-state index in [4.69, 9.17) is 10.5 Å². The van der Waals surface area contributed by atoms with E-state index in [0.29, 0.717) is 5.82 Å². The number of hydrogen-bond acceptors (Lipinski definition) is 4. The third-order valence-corrected chi connectivity index (χ3v) is 2.22. The van der Waals surface area contributed by atoms with Gasteiger partial charge >= 0.3 is 0 Å². The van der Waals surface area contributed by atoms with Gasteiger partial charge in [-0.25, -0.2) is 4.98 Å². The van der Waals surface area contributed by atoms with E-state index in [2.05, 4.69) is 4.98 Å². The van der Waals surface area contributed by atoms with E-state index in [1.165, 1.54) is 0 Å². The van der Waals surface area contributed by atoms with Gasteiger partial charge in [0.1, 0.15) is 11.6 Å². The molecule has 0 amide bonds. The Morgan fingerprint density at radius 3 is 2.77 bits per heavy atom. The Morgan fingerprint density at radius 1 is 1.54 bits per heavy atom. The zero-order valence-corrected chi connectivity index (χ0v) is 8.89. The van der Waals surface area contributed by atoms with Crippen molar-refractivity contribution in [3.8, 4) is 5.75 Å². The van der Waals surface area contributed by atoms with Gasteiger partial charge in [0.15, 0.2) is 0 Å². The first-order chi connectivity index (χ1) is 6.13. The van der Waals surface area contributed by atoms with E-state index in [1.807, 2.05) is 26.2 Å². The van der Waals surface area contributed by atoms with E-state index in [-0.39, 0.29) is 6.10 Å². The van der Waals surface area contributed by atoms with Crippen molar-refractivity contribution < 1.29 is 4.74 Å². The van der Waals surface area contributed by atoms with E-state index in [1.54, 1.807) is 18.0 Å². The topological polar surface area (TPSA) is 48.1 Å². The fraction of sp³-hybridized carbons (Fsp3) is 0.444. The third kappa shape index (κ3) is 2.81. The van der Waals surface area contributed by atoms with Gasteiger partial charge in [0, 0.05) is 0 Å². The highest BCUT2D eigenvalue weighted by atomic mass is 32.2. The van der Waals surface area contributed by atoms with Crippen molar-refractivity contribution in [2.45, 2.75) is 24.8 Å². The standard InChI is InChI=1S/C9H14N2OS/c1-6(2)12-7-4-8(13-3)9(10)11-5-7/h4-6H,1-3H3,(H2,10,11). The van der Waals surface area contributed by atoms with Gasteiger partial charge in [-0.05, 0) is 26.2 Å². The van der Waals surface area contributed by atoms with Crippen molar-refractivity contribution in [1.82, 2.24) is 4.98 Å². The normalized spacial score (nSPS) is 10.5. The van der Waals surface area contributed by atoms with Crippen LogP contribution in [0.4, 0.5) is 5.82 Å². The van der Waals surface area contributed by atoms with E-state index < -0.39 is 0 Å². The Hall–Kier alpha value is -0.900. The summed E-state index contributed by atoms with van der Waals surface area (Å²) in [7, 11) is 0. The molecular formula is C9H14N2OS. The predicted molar refractivity (Wildman–Crippen MR) is 56.2 cm³/mol. The largest absolute Gasteiger partial charge is 0.489 e. The van der Waals surface area contributed by atoms with Crippen molar-refractivity contribution in [2.24, 2.45) is 0 Å². The average Bonchev–Trinajstić information content (AvgIpc) is 2.07. The molecule has 0 aliphatic rings. The molecule has 0 aliphatic heterocycles. The first-order valence-corrected chi connectivity index (χ1v) is 5.32. The van der Waals surface area contributed by atoms with Crippen molar-refractivity contribution in [1.29, 1.82) is 0 Å². The lowest BCUT2D eigenvalue weighted by atomic mass is 10.4. The summed E-state index contributed by atoms with van der Waals surface area (Å²) >= 11 is 1.57. The minimum Gasteiger partial charge on any atom is -0.489 e. The molecular weight excluding hydrogens is 184 g/mol. The molecule has 0 radical (unpaired) electrons. The summed E-state index contributed by atoms with van der Waals surface area (Å²) in [5, 5.41) is 0. The summed E-state index contributed by atoms with van der Waals surface area (Å²) in [6.07, 6.45) is 3.78. The summed E-state index contributed by atoms with van der Waals surface area (Å²) in [6, 6.07) is 1.91. The number of pyridine rings is 1. The van der Waals surface area contributed by atoms with Crippen LogP contribution in [0.25, 0.3) is 0 Å². The molecule has 1 aromatic rings. The zero-order chi connectivity index (χ0) is 9.84. The maximum Gasteiger partial charge on any atom is 0.139 e. The maximum absolute atomic E-state index is 5.64. The molecule has 0 saturated carbocycles. The summed E-state index contributed by atoms with van der Waals surface area (Å²) in [5.74, 6) is 1.33. The van der Waals surface area contributed by atoms with Crippen LogP contribution in [0.3, 0.4) is 0 Å². The first kappa shape index (κ1) is 10.2. The van der Waals surface area contributed by atoms with Crippen LogP contribution in [-0.2, 0) is 0 Å². The fourth-order valence-corrected chi connectivity index (χ4v) is 1.43. The highest BCUT2D eigenvalue weighted by Crippen LogP contribution is 2.25. The monoisotopic (exact) mass is 198 g/mol. The van der Waals surface area contributed by atoms with Crippen molar-refractivity contribution >= 4 is 17.6 Å². The van der Waals surface area contributed by atoms with Crippen molar-refractivity contribution in [3.05, 3.63) is 12.3 Å². The number of thioether (sulfide) groups is 1. The minimum absolute atomic E-state index is 0.167. The number of anilines is 1. The van der Waals surface area contributed by atoms with E-state index >= 15 is 0 Å². The Morgan fingerprint density at radius 2 is 2.23 bits per heavy atom. The van der Waals surface area contributed by atoms with Gasteiger partial charge in [0.25, 0.3) is 0 Å². The second-order valence-corrected chi connectivity index (χ2v) is 3.77. The molecule has 1 aromatic heterocycles. The van der Waals surface area contributed by atoms with Crippen LogP contribution in [0.15, 0.2) is 17.2 Å². The van der Waals surface area contributed by atoms with Gasteiger partial charge in [0.05, 0.1) is 17.2 Å². The van der Waals surface area contributed by atoms with Crippen LogP contribution in [-0.4, -0.2) is 17.3 Å². The van der Waals surface area contributed by atoms with Gasteiger partial charge in [-0.1, -0.05) is 0 Å². The molecule has 0 saturated heterocycles. The van der Waals surface area contributed by atoms with Crippen LogP contribution in [0, 0.1) is 0 Å². The molecule has 0 aliphatic carbocycles. The Balaban J connectivity index is 2.86. The SMILES string of the molecule is CSc1cc(OC(C)C)cnc1N. The Kier molecular flexibility index (Phi) is 3.42. The molecule has 0 fully saturated rings. The summed E-state index contributed by atoms with van der Waals surface area (Å²) in [4.78, 5) is 4.99. The zero-order valence-electron chi connectivity index (χ0n) is 8.07. The molecule has 0 unspecified atom stereocenters. The van der Waals surface area contributed by atoms with Gasteiger partial charge in [-0.3, -0.25) is 0 Å². The summed E-state index contributed by atoms with van der Waals surface area (Å²) in [5.41, 5.74) is 5.64. The lowest BCUT2D eigenvalue weighted by Gasteiger charge is -2.10. The van der Waals surface area contributed by atoms with Gasteiger partial charge in [0.2, 0.25) is 0 Å². The van der Waals surface area contributed by atoms with Crippen molar-refractivity contribution in [3.63, 3.8) is 0 Å². The quantitative estimate of drug-likeness (QED) is 0.756. The fourth-order valence-electron chi connectivity index (χ4n) is 0.937.